The summed E-state index contributed by atoms with van der Waals surface area (Å²) in [6.45, 7) is 8.39. The van der Waals surface area contributed by atoms with Crippen molar-refractivity contribution in [2.24, 2.45) is 11.7 Å². The number of carbonyl (C=O) groups excluding carboxylic acids is 1. The van der Waals surface area contributed by atoms with Gasteiger partial charge in [0.15, 0.2) is 11.4 Å². The molecule has 1 aromatic rings. The second-order valence-corrected chi connectivity index (χ2v) is 6.88. The van der Waals surface area contributed by atoms with Crippen LogP contribution in [0.2, 0.25) is 0 Å². The molecule has 1 amide bonds. The average Bonchev–Trinajstić information content (AvgIpc) is 2.64. The Hall–Kier alpha value is -1.66. The number of pyridine rings is 1. The Bertz CT molecular complexity index is 550. The van der Waals surface area contributed by atoms with Crippen molar-refractivity contribution < 1.29 is 14.3 Å². The molecule has 1 aliphatic rings. The summed E-state index contributed by atoms with van der Waals surface area (Å²) in [7, 11) is 0. The van der Waals surface area contributed by atoms with Crippen LogP contribution >= 0.6 is 0 Å². The van der Waals surface area contributed by atoms with Crippen LogP contribution in [0.25, 0.3) is 0 Å². The molecule has 0 aromatic carbocycles. The number of morpholine rings is 1. The van der Waals surface area contributed by atoms with Crippen LogP contribution in [-0.2, 0) is 4.74 Å². The minimum absolute atomic E-state index is 0.0525. The predicted molar refractivity (Wildman–Crippen MR) is 97.7 cm³/mol. The maximum Gasteiger partial charge on any atom is 0.276 e. The maximum absolute atomic E-state index is 13.1. The molecule has 25 heavy (non-hydrogen) atoms. The molecule has 1 saturated heterocycles. The van der Waals surface area contributed by atoms with Crippen molar-refractivity contribution in [2.75, 3.05) is 26.2 Å². The van der Waals surface area contributed by atoms with Gasteiger partial charge in [-0.05, 0) is 24.5 Å². The van der Waals surface area contributed by atoms with Crippen LogP contribution in [0, 0.1) is 5.92 Å². The molecule has 0 radical (unpaired) electrons. The van der Waals surface area contributed by atoms with Gasteiger partial charge in [-0.15, -0.1) is 0 Å². The number of nitrogens with zero attached hydrogens (tertiary/aromatic N) is 2. The molecule has 2 heterocycles. The summed E-state index contributed by atoms with van der Waals surface area (Å²) >= 11 is 0. The van der Waals surface area contributed by atoms with E-state index < -0.39 is 0 Å². The Labute approximate surface area is 150 Å². The van der Waals surface area contributed by atoms with Gasteiger partial charge >= 0.3 is 0 Å². The Balaban J connectivity index is 2.15. The molecule has 0 aliphatic carbocycles. The number of hydrogen-bond acceptors (Lipinski definition) is 5. The monoisotopic (exact) mass is 349 g/mol. The van der Waals surface area contributed by atoms with Crippen LogP contribution in [-0.4, -0.2) is 54.2 Å². The number of nitrogens with two attached hydrogens (primary N) is 1. The van der Waals surface area contributed by atoms with E-state index in [9.17, 15) is 4.79 Å². The molecule has 140 valence electrons. The van der Waals surface area contributed by atoms with E-state index in [0.717, 1.165) is 19.3 Å². The van der Waals surface area contributed by atoms with Crippen molar-refractivity contribution in [2.45, 2.75) is 52.2 Å². The summed E-state index contributed by atoms with van der Waals surface area (Å²) in [5, 5.41) is 0. The molecule has 2 N–H and O–H groups in total. The van der Waals surface area contributed by atoms with Gasteiger partial charge in [-0.25, -0.2) is 4.98 Å². The van der Waals surface area contributed by atoms with Crippen LogP contribution in [0.1, 0.15) is 50.5 Å². The summed E-state index contributed by atoms with van der Waals surface area (Å²) in [6.07, 6.45) is 4.96. The lowest BCUT2D eigenvalue weighted by Crippen LogP contribution is -2.51. The average molecular weight is 349 g/mol. The molecule has 2 atom stereocenters. The van der Waals surface area contributed by atoms with Crippen molar-refractivity contribution >= 4 is 5.91 Å². The highest BCUT2D eigenvalue weighted by molar-refractivity contribution is 5.95. The number of ether oxygens (including phenoxy) is 2. The first-order chi connectivity index (χ1) is 12.1. The first kappa shape index (κ1) is 19.7. The molecule has 6 heteroatoms. The van der Waals surface area contributed by atoms with Gasteiger partial charge in [0.05, 0.1) is 12.2 Å². The third-order valence-electron chi connectivity index (χ3n) is 4.45. The van der Waals surface area contributed by atoms with Crippen molar-refractivity contribution in [1.29, 1.82) is 0 Å². The molecule has 1 fully saturated rings. The topological polar surface area (TPSA) is 77.7 Å². The van der Waals surface area contributed by atoms with Gasteiger partial charge in [-0.3, -0.25) is 4.79 Å². The lowest BCUT2D eigenvalue weighted by Gasteiger charge is -2.40. The van der Waals surface area contributed by atoms with Crippen molar-refractivity contribution in [3.05, 3.63) is 24.0 Å². The predicted octanol–water partition coefficient (Wildman–Crippen LogP) is 2.47. The Morgan fingerprint density at radius 1 is 1.48 bits per heavy atom. The molecule has 1 aliphatic heterocycles. The lowest BCUT2D eigenvalue weighted by atomic mass is 10.0. The SMILES string of the molecule is CCCC[C@@H]1CN(C(=O)c2ncccc2OCCN)C[C@H](C(C)C)O1. The van der Waals surface area contributed by atoms with E-state index in [4.69, 9.17) is 15.2 Å². The maximum atomic E-state index is 13.1. The van der Waals surface area contributed by atoms with Gasteiger partial charge in [0.1, 0.15) is 6.61 Å². The van der Waals surface area contributed by atoms with Crippen molar-refractivity contribution in [1.82, 2.24) is 9.88 Å². The van der Waals surface area contributed by atoms with E-state index in [0.29, 0.717) is 43.6 Å². The van der Waals surface area contributed by atoms with Crippen molar-refractivity contribution in [3.8, 4) is 5.75 Å². The minimum Gasteiger partial charge on any atom is -0.490 e. The largest absolute Gasteiger partial charge is 0.490 e. The second-order valence-electron chi connectivity index (χ2n) is 6.88. The van der Waals surface area contributed by atoms with Gasteiger partial charge in [0, 0.05) is 25.8 Å². The summed E-state index contributed by atoms with van der Waals surface area (Å²) in [6, 6.07) is 3.54. The number of rotatable bonds is 8. The summed E-state index contributed by atoms with van der Waals surface area (Å²) in [5.74, 6) is 0.759. The van der Waals surface area contributed by atoms with E-state index in [2.05, 4.69) is 25.8 Å². The third-order valence-corrected chi connectivity index (χ3v) is 4.45. The third kappa shape index (κ3) is 5.41. The minimum atomic E-state index is -0.0944. The van der Waals surface area contributed by atoms with Crippen LogP contribution in [0.3, 0.4) is 0 Å². The standard InChI is InChI=1S/C19H31N3O3/c1-4-5-7-15-12-22(13-17(25-15)14(2)3)19(23)18-16(24-11-9-20)8-6-10-21-18/h6,8,10,14-15,17H,4-5,7,9,11-13,20H2,1-3H3/t15-,17-/m1/s1. The van der Waals surface area contributed by atoms with Gasteiger partial charge in [0.25, 0.3) is 5.91 Å². The number of hydrogen-bond donors (Lipinski definition) is 1. The van der Waals surface area contributed by atoms with E-state index >= 15 is 0 Å². The van der Waals surface area contributed by atoms with Crippen LogP contribution in [0.4, 0.5) is 0 Å². The van der Waals surface area contributed by atoms with Crippen LogP contribution < -0.4 is 10.5 Å². The van der Waals surface area contributed by atoms with Gasteiger partial charge < -0.3 is 20.1 Å². The molecular weight excluding hydrogens is 318 g/mol. The fourth-order valence-corrected chi connectivity index (χ4v) is 2.98. The zero-order valence-electron chi connectivity index (χ0n) is 15.6. The first-order valence-corrected chi connectivity index (χ1v) is 9.29. The molecule has 1 aromatic heterocycles. The number of aromatic nitrogens is 1. The Morgan fingerprint density at radius 2 is 2.28 bits per heavy atom. The number of amides is 1. The highest BCUT2D eigenvalue weighted by atomic mass is 16.5. The number of carbonyl (C=O) groups is 1. The molecule has 6 nitrogen and oxygen atoms in total. The molecular formula is C19H31N3O3. The van der Waals surface area contributed by atoms with E-state index in [1.54, 1.807) is 18.3 Å². The number of unbranched alkanes of at least 4 members (excludes halogenated alkanes) is 1. The molecule has 2 rings (SSSR count). The van der Waals surface area contributed by atoms with Crippen LogP contribution in [0.15, 0.2) is 18.3 Å². The zero-order valence-corrected chi connectivity index (χ0v) is 15.6. The summed E-state index contributed by atoms with van der Waals surface area (Å²) < 4.78 is 11.8. The second kappa shape index (κ2) is 9.73. The fraction of sp³-hybridized carbons (Fsp3) is 0.684. The highest BCUT2D eigenvalue weighted by Gasteiger charge is 2.33. The fourth-order valence-electron chi connectivity index (χ4n) is 2.98. The Kier molecular flexibility index (Phi) is 7.65. The summed E-state index contributed by atoms with van der Waals surface area (Å²) in [4.78, 5) is 19.2. The molecule has 0 spiro atoms. The van der Waals surface area contributed by atoms with Crippen LogP contribution in [0.5, 0.6) is 5.75 Å². The summed E-state index contributed by atoms with van der Waals surface area (Å²) in [5.41, 5.74) is 5.86. The smallest absolute Gasteiger partial charge is 0.276 e. The quantitative estimate of drug-likeness (QED) is 0.780. The normalized spacial score (nSPS) is 20.8. The van der Waals surface area contributed by atoms with Gasteiger partial charge in [0.2, 0.25) is 0 Å². The zero-order chi connectivity index (χ0) is 18.2. The van der Waals surface area contributed by atoms with E-state index in [1.165, 1.54) is 0 Å². The molecule has 0 bridgehead atoms. The molecule has 0 unspecified atom stereocenters. The first-order valence-electron chi connectivity index (χ1n) is 9.29. The Morgan fingerprint density at radius 3 is 2.96 bits per heavy atom. The van der Waals surface area contributed by atoms with Crippen molar-refractivity contribution in [3.63, 3.8) is 0 Å². The van der Waals surface area contributed by atoms with Gasteiger partial charge in [-0.1, -0.05) is 33.6 Å². The highest BCUT2D eigenvalue weighted by Crippen LogP contribution is 2.24. The lowest BCUT2D eigenvalue weighted by molar-refractivity contribution is -0.0964. The van der Waals surface area contributed by atoms with E-state index in [1.807, 2.05) is 4.90 Å². The van der Waals surface area contributed by atoms with Gasteiger partial charge in [-0.2, -0.15) is 0 Å². The molecule has 0 saturated carbocycles. The van der Waals surface area contributed by atoms with E-state index in [-0.39, 0.29) is 18.1 Å².